The SMILES string of the molecule is COC(=O)c1cc2ccc(S(=O)(=O)N(C)c3ccccc3)cc2[nH]1. The summed E-state index contributed by atoms with van der Waals surface area (Å²) in [6.45, 7) is 0. The van der Waals surface area contributed by atoms with E-state index in [2.05, 4.69) is 9.72 Å². The van der Waals surface area contributed by atoms with E-state index >= 15 is 0 Å². The number of carbonyl (C=O) groups is 1. The summed E-state index contributed by atoms with van der Waals surface area (Å²) in [7, 11) is -0.909. The fraction of sp³-hybridized carbons (Fsp3) is 0.118. The number of nitrogens with one attached hydrogen (secondary N) is 1. The zero-order valence-corrected chi connectivity index (χ0v) is 14.0. The Bertz CT molecular complexity index is 994. The maximum atomic E-state index is 12.8. The molecule has 124 valence electrons. The van der Waals surface area contributed by atoms with Crippen LogP contribution in [0.5, 0.6) is 0 Å². The molecule has 0 fully saturated rings. The molecule has 0 aliphatic carbocycles. The van der Waals surface area contributed by atoms with Crippen LogP contribution in [0.15, 0.2) is 59.5 Å². The topological polar surface area (TPSA) is 79.5 Å². The fourth-order valence-corrected chi connectivity index (χ4v) is 3.64. The summed E-state index contributed by atoms with van der Waals surface area (Å²) in [5, 5.41) is 0.733. The van der Waals surface area contributed by atoms with Crippen LogP contribution in [0.2, 0.25) is 0 Å². The van der Waals surface area contributed by atoms with Gasteiger partial charge in [0.25, 0.3) is 10.0 Å². The number of aromatic nitrogens is 1. The van der Waals surface area contributed by atoms with Crippen molar-refractivity contribution in [2.45, 2.75) is 4.90 Å². The van der Waals surface area contributed by atoms with Gasteiger partial charge in [0.15, 0.2) is 0 Å². The molecule has 1 heterocycles. The number of fused-ring (bicyclic) bond motifs is 1. The van der Waals surface area contributed by atoms with Gasteiger partial charge < -0.3 is 9.72 Å². The second-order valence-corrected chi connectivity index (χ2v) is 7.20. The minimum Gasteiger partial charge on any atom is -0.464 e. The normalized spacial score (nSPS) is 11.4. The summed E-state index contributed by atoms with van der Waals surface area (Å²) >= 11 is 0. The Morgan fingerprint density at radius 1 is 1.08 bits per heavy atom. The molecule has 3 aromatic rings. The molecule has 0 atom stereocenters. The molecule has 0 aliphatic heterocycles. The summed E-state index contributed by atoms with van der Waals surface area (Å²) in [5.74, 6) is -0.503. The number of hydrogen-bond acceptors (Lipinski definition) is 4. The van der Waals surface area contributed by atoms with E-state index < -0.39 is 16.0 Å². The first-order valence-corrected chi connectivity index (χ1v) is 8.62. The Balaban J connectivity index is 2.03. The molecule has 0 aliphatic rings. The maximum Gasteiger partial charge on any atom is 0.354 e. The lowest BCUT2D eigenvalue weighted by Gasteiger charge is -2.19. The van der Waals surface area contributed by atoms with Gasteiger partial charge in [-0.05, 0) is 30.3 Å². The molecule has 2 aromatic carbocycles. The van der Waals surface area contributed by atoms with Crippen LogP contribution < -0.4 is 4.31 Å². The van der Waals surface area contributed by atoms with Crippen LogP contribution >= 0.6 is 0 Å². The molecule has 1 N–H and O–H groups in total. The molecule has 0 spiro atoms. The van der Waals surface area contributed by atoms with Crippen LogP contribution in [-0.2, 0) is 14.8 Å². The Morgan fingerprint density at radius 2 is 1.79 bits per heavy atom. The number of rotatable bonds is 4. The molecule has 24 heavy (non-hydrogen) atoms. The number of para-hydroxylation sites is 1. The van der Waals surface area contributed by atoms with E-state index in [1.807, 2.05) is 6.07 Å². The Kier molecular flexibility index (Phi) is 4.02. The largest absolute Gasteiger partial charge is 0.464 e. The van der Waals surface area contributed by atoms with Crippen molar-refractivity contribution in [2.24, 2.45) is 0 Å². The van der Waals surface area contributed by atoms with E-state index in [4.69, 9.17) is 0 Å². The number of nitrogens with zero attached hydrogens (tertiary/aromatic N) is 1. The number of H-pyrrole nitrogens is 1. The number of carbonyl (C=O) groups excluding carboxylic acids is 1. The average molecular weight is 344 g/mol. The maximum absolute atomic E-state index is 12.8. The van der Waals surface area contributed by atoms with Crippen molar-refractivity contribution in [1.29, 1.82) is 0 Å². The van der Waals surface area contributed by atoms with Crippen molar-refractivity contribution < 1.29 is 17.9 Å². The van der Waals surface area contributed by atoms with Crippen molar-refractivity contribution in [3.8, 4) is 0 Å². The third kappa shape index (κ3) is 2.74. The summed E-state index contributed by atoms with van der Waals surface area (Å²) < 4.78 is 31.5. The second kappa shape index (κ2) is 6.01. The highest BCUT2D eigenvalue weighted by molar-refractivity contribution is 7.92. The van der Waals surface area contributed by atoms with Gasteiger partial charge in [0.1, 0.15) is 5.69 Å². The van der Waals surface area contributed by atoms with Gasteiger partial charge in [0, 0.05) is 18.0 Å². The van der Waals surface area contributed by atoms with Crippen LogP contribution in [0.25, 0.3) is 10.9 Å². The number of ether oxygens (including phenoxy) is 1. The summed E-state index contributed by atoms with van der Waals surface area (Å²) in [4.78, 5) is 14.6. The molecular formula is C17H16N2O4S. The van der Waals surface area contributed by atoms with Crippen molar-refractivity contribution in [3.05, 3.63) is 60.3 Å². The summed E-state index contributed by atoms with van der Waals surface area (Å²) in [6, 6.07) is 15.1. The fourth-order valence-electron chi connectivity index (χ4n) is 2.42. The molecular weight excluding hydrogens is 328 g/mol. The number of aromatic amines is 1. The first-order valence-electron chi connectivity index (χ1n) is 7.18. The highest BCUT2D eigenvalue weighted by Crippen LogP contribution is 2.25. The van der Waals surface area contributed by atoms with Gasteiger partial charge >= 0.3 is 5.97 Å². The molecule has 0 amide bonds. The molecule has 1 aromatic heterocycles. The second-order valence-electron chi connectivity index (χ2n) is 5.23. The molecule has 0 saturated carbocycles. The van der Waals surface area contributed by atoms with E-state index in [0.717, 1.165) is 5.39 Å². The number of methoxy groups -OCH3 is 1. The van der Waals surface area contributed by atoms with Crippen molar-refractivity contribution >= 4 is 32.6 Å². The van der Waals surface area contributed by atoms with Crippen LogP contribution in [-0.4, -0.2) is 33.5 Å². The Hall–Kier alpha value is -2.80. The molecule has 0 saturated heterocycles. The van der Waals surface area contributed by atoms with Gasteiger partial charge in [-0.1, -0.05) is 24.3 Å². The van der Waals surface area contributed by atoms with E-state index in [0.29, 0.717) is 11.2 Å². The van der Waals surface area contributed by atoms with Crippen LogP contribution in [0.1, 0.15) is 10.5 Å². The van der Waals surface area contributed by atoms with Gasteiger partial charge in [-0.3, -0.25) is 4.31 Å². The predicted octanol–water partition coefficient (Wildman–Crippen LogP) is 2.78. The van der Waals surface area contributed by atoms with E-state index in [-0.39, 0.29) is 10.6 Å². The molecule has 0 bridgehead atoms. The Morgan fingerprint density at radius 3 is 2.46 bits per heavy atom. The smallest absolute Gasteiger partial charge is 0.354 e. The van der Waals surface area contributed by atoms with Gasteiger partial charge in [-0.25, -0.2) is 13.2 Å². The van der Waals surface area contributed by atoms with Crippen LogP contribution in [0.4, 0.5) is 5.69 Å². The summed E-state index contributed by atoms with van der Waals surface area (Å²) in [5.41, 5.74) is 1.40. The van der Waals surface area contributed by atoms with Crippen molar-refractivity contribution in [3.63, 3.8) is 0 Å². The highest BCUT2D eigenvalue weighted by atomic mass is 32.2. The molecule has 6 nitrogen and oxygen atoms in total. The Labute approximate surface area is 139 Å². The predicted molar refractivity (Wildman–Crippen MR) is 91.7 cm³/mol. The molecule has 0 radical (unpaired) electrons. The van der Waals surface area contributed by atoms with Crippen molar-refractivity contribution in [2.75, 3.05) is 18.5 Å². The van der Waals surface area contributed by atoms with E-state index in [1.54, 1.807) is 36.4 Å². The number of esters is 1. The lowest BCUT2D eigenvalue weighted by molar-refractivity contribution is 0.0595. The van der Waals surface area contributed by atoms with Gasteiger partial charge in [-0.2, -0.15) is 0 Å². The number of sulfonamides is 1. The highest BCUT2D eigenvalue weighted by Gasteiger charge is 2.22. The van der Waals surface area contributed by atoms with Gasteiger partial charge in [0.05, 0.1) is 17.7 Å². The van der Waals surface area contributed by atoms with E-state index in [9.17, 15) is 13.2 Å². The number of anilines is 1. The minimum absolute atomic E-state index is 0.139. The molecule has 0 unspecified atom stereocenters. The molecule has 3 rings (SSSR count). The zero-order chi connectivity index (χ0) is 17.3. The van der Waals surface area contributed by atoms with Gasteiger partial charge in [-0.15, -0.1) is 0 Å². The van der Waals surface area contributed by atoms with Crippen LogP contribution in [0.3, 0.4) is 0 Å². The number of hydrogen-bond donors (Lipinski definition) is 1. The number of benzene rings is 2. The lowest BCUT2D eigenvalue weighted by atomic mass is 10.2. The standard InChI is InChI=1S/C17H16N2O4S/c1-19(13-6-4-3-5-7-13)24(21,22)14-9-8-12-10-16(17(20)23-2)18-15(12)11-14/h3-11,18H,1-2H3. The van der Waals surface area contributed by atoms with Crippen molar-refractivity contribution in [1.82, 2.24) is 4.98 Å². The molecule has 7 heteroatoms. The van der Waals surface area contributed by atoms with E-state index in [1.165, 1.54) is 30.6 Å². The first kappa shape index (κ1) is 16.1. The lowest BCUT2D eigenvalue weighted by Crippen LogP contribution is -2.26. The van der Waals surface area contributed by atoms with Crippen LogP contribution in [0, 0.1) is 0 Å². The third-order valence-corrected chi connectivity index (χ3v) is 5.56. The zero-order valence-electron chi connectivity index (χ0n) is 13.2. The van der Waals surface area contributed by atoms with Gasteiger partial charge in [0.2, 0.25) is 0 Å². The minimum atomic E-state index is -3.70. The summed E-state index contributed by atoms with van der Waals surface area (Å²) in [6.07, 6.45) is 0. The monoisotopic (exact) mass is 344 g/mol. The first-order chi connectivity index (χ1) is 11.4. The average Bonchev–Trinajstić information content (AvgIpc) is 3.04. The quantitative estimate of drug-likeness (QED) is 0.738. The third-order valence-electron chi connectivity index (χ3n) is 3.78.